The first-order valence-electron chi connectivity index (χ1n) is 12.1. The molecule has 4 rings (SSSR count). The molecule has 2 atom stereocenters. The van der Waals surface area contributed by atoms with E-state index in [1.54, 1.807) is 14.2 Å². The van der Waals surface area contributed by atoms with E-state index >= 15 is 0 Å². The Morgan fingerprint density at radius 3 is 2.36 bits per heavy atom. The lowest BCUT2D eigenvalue weighted by molar-refractivity contribution is 0.0244. The molecule has 2 fully saturated rings. The van der Waals surface area contributed by atoms with Crippen molar-refractivity contribution in [1.82, 2.24) is 15.1 Å². The Hall–Kier alpha value is -1.70. The fourth-order valence-electron chi connectivity index (χ4n) is 5.88. The molecule has 0 bridgehead atoms. The highest BCUT2D eigenvalue weighted by atomic mass is 16.5. The minimum absolute atomic E-state index is 0.0261. The maximum absolute atomic E-state index is 10.9. The molecule has 6 heteroatoms. The minimum Gasteiger partial charge on any atom is -0.497 e. The Morgan fingerprint density at radius 1 is 1.12 bits per heavy atom. The molecule has 0 amide bonds. The molecular formula is C27H41N3O3. The van der Waals surface area contributed by atoms with Gasteiger partial charge in [-0.05, 0) is 76.4 Å². The summed E-state index contributed by atoms with van der Waals surface area (Å²) in [4.78, 5) is 4.49. The van der Waals surface area contributed by atoms with Crippen molar-refractivity contribution in [2.24, 2.45) is 0 Å². The highest BCUT2D eigenvalue weighted by Crippen LogP contribution is 2.46. The number of hydrogen-bond donors (Lipinski definition) is 2. The van der Waals surface area contributed by atoms with Crippen molar-refractivity contribution in [2.45, 2.75) is 61.9 Å². The van der Waals surface area contributed by atoms with Crippen molar-refractivity contribution in [3.8, 4) is 5.75 Å². The smallest absolute Gasteiger partial charge is 0.163 e. The predicted octanol–water partition coefficient (Wildman–Crippen LogP) is 3.28. The fraction of sp³-hybridized carbons (Fsp3) is 0.630. The molecule has 6 nitrogen and oxygen atoms in total. The quantitative estimate of drug-likeness (QED) is 0.658. The number of nitrogens with zero attached hydrogens (tertiary/aromatic N) is 2. The zero-order valence-electron chi connectivity index (χ0n) is 20.9. The summed E-state index contributed by atoms with van der Waals surface area (Å²) in [6.45, 7) is 4.76. The van der Waals surface area contributed by atoms with Crippen LogP contribution in [0.4, 0.5) is 0 Å². The summed E-state index contributed by atoms with van der Waals surface area (Å²) in [5.74, 6) is 0.902. The number of rotatable bonds is 7. The molecule has 1 spiro atoms. The van der Waals surface area contributed by atoms with Gasteiger partial charge in [-0.2, -0.15) is 0 Å². The Kier molecular flexibility index (Phi) is 7.04. The lowest BCUT2D eigenvalue weighted by Gasteiger charge is -2.46. The first-order chi connectivity index (χ1) is 15.7. The van der Waals surface area contributed by atoms with Crippen LogP contribution in [0.3, 0.4) is 0 Å². The van der Waals surface area contributed by atoms with Gasteiger partial charge in [0.1, 0.15) is 5.75 Å². The van der Waals surface area contributed by atoms with Gasteiger partial charge in [-0.25, -0.2) is 0 Å². The molecule has 1 aromatic carbocycles. The molecule has 3 aliphatic rings. The van der Waals surface area contributed by atoms with Gasteiger partial charge >= 0.3 is 0 Å². The van der Waals surface area contributed by atoms with Crippen LogP contribution in [-0.4, -0.2) is 80.3 Å². The zero-order chi connectivity index (χ0) is 23.7. The van der Waals surface area contributed by atoms with Gasteiger partial charge in [0.15, 0.2) is 6.35 Å². The number of benzene rings is 1. The first-order valence-corrected chi connectivity index (χ1v) is 12.1. The molecule has 2 N–H and O–H groups in total. The van der Waals surface area contributed by atoms with Gasteiger partial charge in [0.2, 0.25) is 0 Å². The molecule has 1 saturated carbocycles. The molecule has 33 heavy (non-hydrogen) atoms. The summed E-state index contributed by atoms with van der Waals surface area (Å²) in [5.41, 5.74) is 2.52. The summed E-state index contributed by atoms with van der Waals surface area (Å²) < 4.78 is 11.0. The van der Waals surface area contributed by atoms with E-state index in [4.69, 9.17) is 9.47 Å². The van der Waals surface area contributed by atoms with E-state index in [0.717, 1.165) is 57.5 Å². The van der Waals surface area contributed by atoms with Gasteiger partial charge in [0, 0.05) is 37.7 Å². The van der Waals surface area contributed by atoms with E-state index in [1.165, 1.54) is 11.1 Å². The van der Waals surface area contributed by atoms with Crippen LogP contribution in [0.2, 0.25) is 0 Å². The van der Waals surface area contributed by atoms with Crippen LogP contribution in [0.5, 0.6) is 5.75 Å². The molecule has 1 aromatic rings. The monoisotopic (exact) mass is 455 g/mol. The van der Waals surface area contributed by atoms with Gasteiger partial charge in [0.25, 0.3) is 0 Å². The summed E-state index contributed by atoms with van der Waals surface area (Å²) in [6.07, 6.45) is 11.1. The van der Waals surface area contributed by atoms with Crippen LogP contribution in [0, 0.1) is 0 Å². The maximum atomic E-state index is 10.9. The number of ether oxygens (including phenoxy) is 2. The third kappa shape index (κ3) is 5.20. The van der Waals surface area contributed by atoms with Crippen LogP contribution >= 0.6 is 0 Å². The standard InChI is InChI=1S/C27H41N3O3/c1-25(33-5)12-10-21(11-13-25)18-30-20-27(28-24(30)31)16-14-26(15-17-27,19-29(2)3)22-6-8-23(32-4)9-7-22/h6-12,24,28,31H,13-20H2,1-5H3. The van der Waals surface area contributed by atoms with Gasteiger partial charge in [-0.3, -0.25) is 10.2 Å². The second-order valence-corrected chi connectivity index (χ2v) is 10.8. The van der Waals surface area contributed by atoms with E-state index in [9.17, 15) is 5.11 Å². The number of hydrogen-bond acceptors (Lipinski definition) is 6. The molecule has 182 valence electrons. The van der Waals surface area contributed by atoms with E-state index in [1.807, 2.05) is 0 Å². The van der Waals surface area contributed by atoms with E-state index in [0.29, 0.717) is 0 Å². The Labute approximate surface area is 199 Å². The third-order valence-electron chi connectivity index (χ3n) is 8.04. The lowest BCUT2D eigenvalue weighted by Crippen LogP contribution is -2.52. The summed E-state index contributed by atoms with van der Waals surface area (Å²) in [7, 11) is 7.80. The van der Waals surface area contributed by atoms with Gasteiger partial charge < -0.3 is 19.5 Å². The minimum atomic E-state index is -0.600. The van der Waals surface area contributed by atoms with E-state index in [-0.39, 0.29) is 16.6 Å². The number of nitrogens with one attached hydrogen (secondary N) is 1. The second kappa shape index (κ2) is 9.51. The first kappa shape index (κ1) is 24.4. The highest BCUT2D eigenvalue weighted by Gasteiger charge is 2.49. The van der Waals surface area contributed by atoms with Crippen LogP contribution in [-0.2, 0) is 10.2 Å². The Morgan fingerprint density at radius 2 is 1.82 bits per heavy atom. The molecule has 1 heterocycles. The highest BCUT2D eigenvalue weighted by molar-refractivity contribution is 5.34. The fourth-order valence-corrected chi connectivity index (χ4v) is 5.88. The van der Waals surface area contributed by atoms with Crippen molar-refractivity contribution in [2.75, 3.05) is 47.9 Å². The summed E-state index contributed by atoms with van der Waals surface area (Å²) in [5, 5.41) is 14.4. The second-order valence-electron chi connectivity index (χ2n) is 10.8. The van der Waals surface area contributed by atoms with Crippen LogP contribution < -0.4 is 10.1 Å². The number of methoxy groups -OCH3 is 2. The van der Waals surface area contributed by atoms with E-state index < -0.39 is 6.35 Å². The Bertz CT molecular complexity index is 871. The van der Waals surface area contributed by atoms with Crippen molar-refractivity contribution >= 4 is 0 Å². The van der Waals surface area contributed by atoms with Crippen molar-refractivity contribution in [3.05, 3.63) is 53.6 Å². The molecule has 0 aromatic heterocycles. The number of likely N-dealkylation sites (N-methyl/N-ethyl adjacent to an activating group) is 1. The molecule has 0 radical (unpaired) electrons. The third-order valence-corrected chi connectivity index (χ3v) is 8.04. The zero-order valence-corrected chi connectivity index (χ0v) is 20.9. The van der Waals surface area contributed by atoms with Gasteiger partial charge in [-0.1, -0.05) is 30.4 Å². The maximum Gasteiger partial charge on any atom is 0.163 e. The number of aliphatic hydroxyl groups excluding tert-OH is 1. The topological polar surface area (TPSA) is 57.2 Å². The normalized spacial score (nSPS) is 34.8. The molecule has 2 unspecified atom stereocenters. The molecule has 1 saturated heterocycles. The van der Waals surface area contributed by atoms with Crippen LogP contribution in [0.25, 0.3) is 0 Å². The lowest BCUT2D eigenvalue weighted by atomic mass is 9.64. The molecule has 1 aliphatic heterocycles. The van der Waals surface area contributed by atoms with Crippen LogP contribution in [0.1, 0.15) is 44.6 Å². The molecule has 2 aliphatic carbocycles. The predicted molar refractivity (Wildman–Crippen MR) is 132 cm³/mol. The summed E-state index contributed by atoms with van der Waals surface area (Å²) in [6, 6.07) is 8.63. The largest absolute Gasteiger partial charge is 0.497 e. The van der Waals surface area contributed by atoms with Crippen LogP contribution in [0.15, 0.2) is 48.1 Å². The van der Waals surface area contributed by atoms with Crippen molar-refractivity contribution in [1.29, 1.82) is 0 Å². The summed E-state index contributed by atoms with van der Waals surface area (Å²) >= 11 is 0. The van der Waals surface area contributed by atoms with Crippen molar-refractivity contribution in [3.63, 3.8) is 0 Å². The van der Waals surface area contributed by atoms with E-state index in [2.05, 4.69) is 78.6 Å². The number of aliphatic hydroxyl groups is 1. The SMILES string of the molecule is COc1ccc(C2(CN(C)C)CCC3(CC2)CN(CC2=CCC(C)(OC)C=C2)C(O)N3)cc1. The molecular weight excluding hydrogens is 414 g/mol. The van der Waals surface area contributed by atoms with Crippen molar-refractivity contribution < 1.29 is 14.6 Å². The average Bonchev–Trinajstić information content (AvgIpc) is 3.11. The Balaban J connectivity index is 1.43. The van der Waals surface area contributed by atoms with Gasteiger partial charge in [0.05, 0.1) is 12.7 Å². The average molecular weight is 456 g/mol. The van der Waals surface area contributed by atoms with Gasteiger partial charge in [-0.15, -0.1) is 0 Å².